The Morgan fingerprint density at radius 2 is 2.38 bits per heavy atom. The maximum Gasteiger partial charge on any atom is 0.119 e. The lowest BCUT2D eigenvalue weighted by Gasteiger charge is -2.03. The molecule has 0 atom stereocenters. The first-order valence-corrected chi connectivity index (χ1v) is 6.38. The van der Waals surface area contributed by atoms with Gasteiger partial charge in [0.2, 0.25) is 0 Å². The van der Waals surface area contributed by atoms with Crippen LogP contribution in [0.25, 0.3) is 11.3 Å². The van der Waals surface area contributed by atoms with E-state index < -0.39 is 0 Å². The zero-order valence-electron chi connectivity index (χ0n) is 8.79. The minimum Gasteiger partial charge on any atom is -0.497 e. The summed E-state index contributed by atoms with van der Waals surface area (Å²) in [6.45, 7) is 0. The van der Waals surface area contributed by atoms with E-state index in [4.69, 9.17) is 16.3 Å². The summed E-state index contributed by atoms with van der Waals surface area (Å²) in [6, 6.07) is 6.17. The highest BCUT2D eigenvalue weighted by molar-refractivity contribution is 7.12. The highest BCUT2D eigenvalue weighted by atomic mass is 35.5. The van der Waals surface area contributed by atoms with E-state index in [0.717, 1.165) is 22.9 Å². The van der Waals surface area contributed by atoms with E-state index in [0.29, 0.717) is 5.88 Å². The number of nitrogens with zero attached hydrogens (tertiary/aromatic N) is 1. The van der Waals surface area contributed by atoms with Gasteiger partial charge >= 0.3 is 0 Å². The number of benzene rings is 1. The van der Waals surface area contributed by atoms with Crippen LogP contribution in [-0.4, -0.2) is 12.1 Å². The van der Waals surface area contributed by atoms with Gasteiger partial charge in [-0.3, -0.25) is 0 Å². The molecule has 1 aromatic carbocycles. The molecule has 1 aliphatic rings. The number of thiazole rings is 1. The van der Waals surface area contributed by atoms with Crippen molar-refractivity contribution in [3.05, 3.63) is 33.6 Å². The van der Waals surface area contributed by atoms with Crippen LogP contribution < -0.4 is 4.74 Å². The number of alkyl halides is 1. The molecule has 2 aromatic rings. The van der Waals surface area contributed by atoms with Crippen LogP contribution in [0.2, 0.25) is 0 Å². The second kappa shape index (κ2) is 3.75. The average molecular weight is 252 g/mol. The molecule has 0 aliphatic heterocycles. The van der Waals surface area contributed by atoms with Crippen LogP contribution in [0.5, 0.6) is 5.75 Å². The Morgan fingerprint density at radius 3 is 3.12 bits per heavy atom. The number of methoxy groups -OCH3 is 1. The molecule has 0 radical (unpaired) electrons. The normalized spacial score (nSPS) is 12.4. The summed E-state index contributed by atoms with van der Waals surface area (Å²) in [6.07, 6.45) is 0.975. The molecule has 1 heterocycles. The quantitative estimate of drug-likeness (QED) is 0.651. The Labute approximate surface area is 103 Å². The van der Waals surface area contributed by atoms with Gasteiger partial charge in [-0.15, -0.1) is 22.9 Å². The largest absolute Gasteiger partial charge is 0.497 e. The molecule has 1 aliphatic carbocycles. The van der Waals surface area contributed by atoms with Gasteiger partial charge in [0, 0.05) is 16.9 Å². The van der Waals surface area contributed by atoms with Crippen molar-refractivity contribution >= 4 is 22.9 Å². The Morgan fingerprint density at radius 1 is 1.50 bits per heavy atom. The van der Waals surface area contributed by atoms with Crippen molar-refractivity contribution < 1.29 is 4.74 Å². The molecule has 0 bridgehead atoms. The number of fused-ring (bicyclic) bond motifs is 3. The summed E-state index contributed by atoms with van der Waals surface area (Å²) in [5.74, 6) is 1.38. The molecule has 82 valence electrons. The van der Waals surface area contributed by atoms with Crippen molar-refractivity contribution in [2.24, 2.45) is 0 Å². The summed E-state index contributed by atoms with van der Waals surface area (Å²) in [5.41, 5.74) is 3.62. The smallest absolute Gasteiger partial charge is 0.119 e. The number of hydrogen-bond donors (Lipinski definition) is 0. The Bertz CT molecular complexity index is 550. The average Bonchev–Trinajstić information content (AvgIpc) is 2.85. The molecule has 0 saturated heterocycles. The van der Waals surface area contributed by atoms with Gasteiger partial charge in [0.05, 0.1) is 18.7 Å². The molecule has 3 rings (SSSR count). The van der Waals surface area contributed by atoms with Gasteiger partial charge < -0.3 is 4.74 Å². The molecule has 2 nitrogen and oxygen atoms in total. The molecule has 0 spiro atoms. The zero-order chi connectivity index (χ0) is 11.1. The lowest BCUT2D eigenvalue weighted by atomic mass is 10.1. The van der Waals surface area contributed by atoms with Crippen molar-refractivity contribution in [1.82, 2.24) is 4.98 Å². The van der Waals surface area contributed by atoms with Gasteiger partial charge in [-0.25, -0.2) is 4.98 Å². The third kappa shape index (κ3) is 1.43. The van der Waals surface area contributed by atoms with E-state index in [1.807, 2.05) is 6.07 Å². The molecule has 1 aromatic heterocycles. The Balaban J connectivity index is 2.14. The van der Waals surface area contributed by atoms with E-state index in [1.165, 1.54) is 16.0 Å². The van der Waals surface area contributed by atoms with Crippen molar-refractivity contribution in [3.8, 4) is 17.0 Å². The zero-order valence-corrected chi connectivity index (χ0v) is 10.4. The van der Waals surface area contributed by atoms with Gasteiger partial charge in [-0.1, -0.05) is 6.07 Å². The molecular weight excluding hydrogens is 242 g/mol. The van der Waals surface area contributed by atoms with Crippen LogP contribution in [0.4, 0.5) is 0 Å². The number of ether oxygens (including phenoxy) is 1. The van der Waals surface area contributed by atoms with Crippen molar-refractivity contribution in [2.75, 3.05) is 7.11 Å². The molecule has 0 N–H and O–H groups in total. The van der Waals surface area contributed by atoms with E-state index in [1.54, 1.807) is 18.4 Å². The number of aromatic nitrogens is 1. The number of halogens is 1. The van der Waals surface area contributed by atoms with Crippen LogP contribution in [-0.2, 0) is 12.3 Å². The second-order valence-corrected chi connectivity index (χ2v) is 5.15. The van der Waals surface area contributed by atoms with Crippen LogP contribution in [0.15, 0.2) is 18.2 Å². The van der Waals surface area contributed by atoms with E-state index in [9.17, 15) is 0 Å². The predicted octanol–water partition coefficient (Wildman–Crippen LogP) is 3.46. The fraction of sp³-hybridized carbons (Fsp3) is 0.250. The fourth-order valence-corrected chi connectivity index (χ4v) is 3.20. The van der Waals surface area contributed by atoms with Gasteiger partial charge in [0.15, 0.2) is 0 Å². The van der Waals surface area contributed by atoms with Gasteiger partial charge in [0.25, 0.3) is 0 Å². The summed E-state index contributed by atoms with van der Waals surface area (Å²) in [7, 11) is 1.68. The van der Waals surface area contributed by atoms with Crippen molar-refractivity contribution in [1.29, 1.82) is 0 Å². The summed E-state index contributed by atoms with van der Waals surface area (Å²) < 4.78 is 5.24. The van der Waals surface area contributed by atoms with Gasteiger partial charge in [-0.2, -0.15) is 0 Å². The number of rotatable bonds is 2. The third-order valence-electron chi connectivity index (χ3n) is 2.78. The van der Waals surface area contributed by atoms with Crippen LogP contribution >= 0.6 is 22.9 Å². The van der Waals surface area contributed by atoms with Gasteiger partial charge in [-0.05, 0) is 17.7 Å². The highest BCUT2D eigenvalue weighted by Crippen LogP contribution is 2.41. The lowest BCUT2D eigenvalue weighted by Crippen LogP contribution is -1.86. The SMILES string of the molecule is COc1ccc2c(c1)-c1nc(CCl)sc1C2. The van der Waals surface area contributed by atoms with Crippen LogP contribution in [0, 0.1) is 0 Å². The first-order chi connectivity index (χ1) is 7.81. The molecule has 16 heavy (non-hydrogen) atoms. The lowest BCUT2D eigenvalue weighted by molar-refractivity contribution is 0.415. The molecule has 4 heteroatoms. The first-order valence-electron chi connectivity index (χ1n) is 5.03. The fourth-order valence-electron chi connectivity index (χ4n) is 2.02. The molecule has 0 saturated carbocycles. The number of hydrogen-bond acceptors (Lipinski definition) is 3. The summed E-state index contributed by atoms with van der Waals surface area (Å²) in [5, 5.41) is 1.00. The maximum absolute atomic E-state index is 5.80. The third-order valence-corrected chi connectivity index (χ3v) is 4.25. The van der Waals surface area contributed by atoms with Gasteiger partial charge in [0.1, 0.15) is 10.8 Å². The van der Waals surface area contributed by atoms with Crippen LogP contribution in [0.3, 0.4) is 0 Å². The maximum atomic E-state index is 5.80. The minimum atomic E-state index is 0.497. The van der Waals surface area contributed by atoms with E-state index in [2.05, 4.69) is 17.1 Å². The monoisotopic (exact) mass is 251 g/mol. The molecule has 0 fully saturated rings. The molecule has 0 amide bonds. The minimum absolute atomic E-state index is 0.497. The molecular formula is C12H10ClNOS. The first kappa shape index (κ1) is 10.1. The Hall–Kier alpha value is -1.06. The summed E-state index contributed by atoms with van der Waals surface area (Å²) in [4.78, 5) is 5.88. The predicted molar refractivity (Wildman–Crippen MR) is 66.5 cm³/mol. The highest BCUT2D eigenvalue weighted by Gasteiger charge is 2.23. The van der Waals surface area contributed by atoms with E-state index >= 15 is 0 Å². The van der Waals surface area contributed by atoms with Crippen molar-refractivity contribution in [2.45, 2.75) is 12.3 Å². The second-order valence-electron chi connectivity index (χ2n) is 3.71. The topological polar surface area (TPSA) is 22.1 Å². The molecule has 0 unspecified atom stereocenters. The van der Waals surface area contributed by atoms with Crippen LogP contribution in [0.1, 0.15) is 15.4 Å². The Kier molecular flexibility index (Phi) is 2.37. The van der Waals surface area contributed by atoms with Crippen molar-refractivity contribution in [3.63, 3.8) is 0 Å². The van der Waals surface area contributed by atoms with E-state index in [-0.39, 0.29) is 0 Å². The standard InChI is InChI=1S/C12H10ClNOS/c1-15-8-3-2-7-4-10-12(9(7)5-8)14-11(6-13)16-10/h2-3,5H,4,6H2,1H3. The summed E-state index contributed by atoms with van der Waals surface area (Å²) >= 11 is 7.51.